The zero-order chi connectivity index (χ0) is 35.2. The maximum Gasteiger partial charge on any atom is 0.337 e. The SMILES string of the molecule is COC(=O)c1ccccc1.O=C(O)c1ccc(C(=O)N2C[C@@H](C(=O)N[C@H]3C[C@@H]3c3ccccc3)[C@H](C(=O)N[C@H]3C[C@@H]3c3ccccc3)C2)cc1. The maximum absolute atomic E-state index is 13.5. The Morgan fingerprint density at radius 1 is 0.600 bits per heavy atom. The lowest BCUT2D eigenvalue weighted by Crippen LogP contribution is -2.43. The first kappa shape index (κ1) is 34.1. The number of nitrogens with one attached hydrogen (secondary N) is 2. The normalized spacial score (nSPS) is 23.0. The monoisotopic (exact) mass is 673 g/mol. The van der Waals surface area contributed by atoms with Crippen molar-refractivity contribution >= 4 is 29.7 Å². The number of ether oxygens (including phenoxy) is 1. The maximum atomic E-state index is 13.5. The molecule has 0 aromatic heterocycles. The molecule has 1 aliphatic heterocycles. The van der Waals surface area contributed by atoms with Gasteiger partial charge in [0.25, 0.3) is 5.91 Å². The zero-order valence-corrected chi connectivity index (χ0v) is 27.6. The molecular weight excluding hydrogens is 634 g/mol. The van der Waals surface area contributed by atoms with Gasteiger partial charge in [0.1, 0.15) is 0 Å². The second kappa shape index (κ2) is 15.2. The van der Waals surface area contributed by atoms with E-state index in [-0.39, 0.29) is 66.3 Å². The molecule has 0 spiro atoms. The fourth-order valence-electron chi connectivity index (χ4n) is 6.56. The molecule has 7 rings (SSSR count). The molecule has 1 heterocycles. The van der Waals surface area contributed by atoms with Crippen LogP contribution in [0.5, 0.6) is 0 Å². The van der Waals surface area contributed by atoms with Crippen molar-refractivity contribution in [3.63, 3.8) is 0 Å². The standard InChI is InChI=1S/C32H31N3O5.C8H8O2/c36-29(33-27-15-23(27)19-7-3-1-4-8-19)25-17-35(31(38)21-11-13-22(14-12-21)32(39)40)18-26(25)30(37)34-28-16-24(28)20-9-5-2-6-10-20;1-10-8(9)7-5-3-2-4-6-7/h1-14,23-28H,15-18H2,(H,33,36)(H,34,37)(H,39,40);2-6H,1H3/t23-,24-,25-,26-,27+,28+;/m1./s1. The van der Waals surface area contributed by atoms with E-state index in [0.29, 0.717) is 11.1 Å². The average molecular weight is 674 g/mol. The van der Waals surface area contributed by atoms with Crippen molar-refractivity contribution in [2.75, 3.05) is 20.2 Å². The Morgan fingerprint density at radius 3 is 1.44 bits per heavy atom. The van der Waals surface area contributed by atoms with Crippen LogP contribution in [0.3, 0.4) is 0 Å². The Balaban J connectivity index is 0.000000373. The molecule has 0 unspecified atom stereocenters. The van der Waals surface area contributed by atoms with E-state index in [2.05, 4.69) is 39.6 Å². The number of nitrogens with zero attached hydrogens (tertiary/aromatic N) is 1. The third kappa shape index (κ3) is 8.08. The smallest absolute Gasteiger partial charge is 0.337 e. The van der Waals surface area contributed by atoms with Crippen molar-refractivity contribution in [3.05, 3.63) is 143 Å². The van der Waals surface area contributed by atoms with Crippen LogP contribution in [-0.2, 0) is 14.3 Å². The molecule has 0 bridgehead atoms. The third-order valence-electron chi connectivity index (χ3n) is 9.55. The van der Waals surface area contributed by atoms with E-state index in [1.165, 1.54) is 47.4 Å². The van der Waals surface area contributed by atoms with Crippen molar-refractivity contribution in [1.82, 2.24) is 15.5 Å². The lowest BCUT2D eigenvalue weighted by Gasteiger charge is -2.18. The fraction of sp³-hybridized carbons (Fsp3) is 0.275. The molecule has 256 valence electrons. The Bertz CT molecular complexity index is 1760. The van der Waals surface area contributed by atoms with Gasteiger partial charge < -0.3 is 25.4 Å². The van der Waals surface area contributed by atoms with E-state index in [0.717, 1.165) is 12.8 Å². The Kier molecular flexibility index (Phi) is 10.4. The van der Waals surface area contributed by atoms with E-state index in [4.69, 9.17) is 0 Å². The van der Waals surface area contributed by atoms with Crippen LogP contribution in [0.15, 0.2) is 115 Å². The first-order valence-electron chi connectivity index (χ1n) is 16.7. The van der Waals surface area contributed by atoms with Crippen LogP contribution in [0.2, 0.25) is 0 Å². The molecule has 10 heteroatoms. The molecule has 2 saturated carbocycles. The summed E-state index contributed by atoms with van der Waals surface area (Å²) in [5.41, 5.74) is 3.35. The predicted molar refractivity (Wildman–Crippen MR) is 186 cm³/mol. The van der Waals surface area contributed by atoms with Gasteiger partial charge in [-0.2, -0.15) is 0 Å². The van der Waals surface area contributed by atoms with Crippen molar-refractivity contribution < 1.29 is 33.8 Å². The van der Waals surface area contributed by atoms with Gasteiger partial charge in [-0.05, 0) is 60.4 Å². The molecule has 1 saturated heterocycles. The summed E-state index contributed by atoms with van der Waals surface area (Å²) >= 11 is 0. The van der Waals surface area contributed by atoms with Crippen LogP contribution in [0, 0.1) is 11.8 Å². The van der Waals surface area contributed by atoms with Gasteiger partial charge in [0.2, 0.25) is 11.8 Å². The van der Waals surface area contributed by atoms with Gasteiger partial charge >= 0.3 is 11.9 Å². The summed E-state index contributed by atoms with van der Waals surface area (Å²) in [4.78, 5) is 63.9. The van der Waals surface area contributed by atoms with Crippen LogP contribution in [0.4, 0.5) is 0 Å². The summed E-state index contributed by atoms with van der Waals surface area (Å²) in [7, 11) is 1.37. The number of carbonyl (C=O) groups excluding carboxylic acids is 4. The van der Waals surface area contributed by atoms with Crippen molar-refractivity contribution in [1.29, 1.82) is 0 Å². The minimum Gasteiger partial charge on any atom is -0.478 e. The van der Waals surface area contributed by atoms with Crippen molar-refractivity contribution in [2.45, 2.75) is 36.8 Å². The summed E-state index contributed by atoms with van der Waals surface area (Å²) in [5, 5.41) is 15.4. The van der Waals surface area contributed by atoms with Crippen LogP contribution in [0.1, 0.15) is 66.9 Å². The molecule has 2 aliphatic carbocycles. The summed E-state index contributed by atoms with van der Waals surface area (Å²) in [6, 6.07) is 34.7. The largest absolute Gasteiger partial charge is 0.478 e. The van der Waals surface area contributed by atoms with Crippen LogP contribution >= 0.6 is 0 Å². The Labute approximate surface area is 290 Å². The number of rotatable bonds is 9. The molecule has 3 amide bonds. The highest BCUT2D eigenvalue weighted by molar-refractivity contribution is 5.98. The highest BCUT2D eigenvalue weighted by Gasteiger charge is 2.48. The molecule has 10 nitrogen and oxygen atoms in total. The molecule has 50 heavy (non-hydrogen) atoms. The fourth-order valence-corrected chi connectivity index (χ4v) is 6.56. The topological polar surface area (TPSA) is 142 Å². The molecule has 3 aliphatic rings. The van der Waals surface area contributed by atoms with Crippen LogP contribution < -0.4 is 10.6 Å². The second-order valence-electron chi connectivity index (χ2n) is 12.9. The Morgan fingerprint density at radius 2 is 1.02 bits per heavy atom. The van der Waals surface area contributed by atoms with Gasteiger partial charge in [0.15, 0.2) is 0 Å². The summed E-state index contributed by atoms with van der Waals surface area (Å²) in [6.07, 6.45) is 1.69. The van der Waals surface area contributed by atoms with Crippen molar-refractivity contribution in [3.8, 4) is 0 Å². The van der Waals surface area contributed by atoms with Crippen molar-refractivity contribution in [2.24, 2.45) is 11.8 Å². The molecule has 4 aromatic rings. The lowest BCUT2D eigenvalue weighted by atomic mass is 9.94. The summed E-state index contributed by atoms with van der Waals surface area (Å²) < 4.78 is 4.50. The molecule has 6 atom stereocenters. The first-order chi connectivity index (χ1) is 24.2. The highest BCUT2D eigenvalue weighted by Crippen LogP contribution is 2.42. The third-order valence-corrected chi connectivity index (χ3v) is 9.55. The highest BCUT2D eigenvalue weighted by atomic mass is 16.5. The number of aromatic carboxylic acids is 1. The van der Waals surface area contributed by atoms with E-state index in [1.807, 2.05) is 42.5 Å². The number of likely N-dealkylation sites (tertiary alicyclic amines) is 1. The van der Waals surface area contributed by atoms with E-state index in [9.17, 15) is 29.1 Å². The number of hydrogen-bond donors (Lipinski definition) is 3. The summed E-state index contributed by atoms with van der Waals surface area (Å²) in [6.45, 7) is 0.248. The predicted octanol–water partition coefficient (Wildman–Crippen LogP) is 4.89. The average Bonchev–Trinajstić information content (AvgIpc) is 4.07. The van der Waals surface area contributed by atoms with Crippen LogP contribution in [-0.4, -0.2) is 71.9 Å². The number of carboxylic acid groups (broad SMARTS) is 1. The minimum absolute atomic E-state index is 0.0119. The lowest BCUT2D eigenvalue weighted by molar-refractivity contribution is -0.133. The molecule has 0 radical (unpaired) electrons. The van der Waals surface area contributed by atoms with Gasteiger partial charge in [-0.15, -0.1) is 0 Å². The van der Waals surface area contributed by atoms with Crippen LogP contribution in [0.25, 0.3) is 0 Å². The molecule has 4 aromatic carbocycles. The number of benzene rings is 4. The molecular formula is C40H39N3O7. The second-order valence-corrected chi connectivity index (χ2v) is 12.9. The van der Waals surface area contributed by atoms with Gasteiger partial charge in [-0.1, -0.05) is 78.9 Å². The number of methoxy groups -OCH3 is 1. The number of esters is 1. The minimum atomic E-state index is -1.07. The number of hydrogen-bond acceptors (Lipinski definition) is 6. The molecule has 3 fully saturated rings. The molecule has 3 N–H and O–H groups in total. The number of amides is 3. The first-order valence-corrected chi connectivity index (χ1v) is 16.7. The van der Waals surface area contributed by atoms with Gasteiger partial charge in [-0.25, -0.2) is 9.59 Å². The van der Waals surface area contributed by atoms with Gasteiger partial charge in [0, 0.05) is 42.6 Å². The zero-order valence-electron chi connectivity index (χ0n) is 27.6. The quantitative estimate of drug-likeness (QED) is 0.215. The van der Waals surface area contributed by atoms with Gasteiger partial charge in [-0.3, -0.25) is 14.4 Å². The number of carbonyl (C=O) groups is 5. The van der Waals surface area contributed by atoms with E-state index in [1.54, 1.807) is 24.3 Å². The Hall–Kier alpha value is -5.77. The van der Waals surface area contributed by atoms with E-state index < -0.39 is 17.8 Å². The van der Waals surface area contributed by atoms with E-state index >= 15 is 0 Å². The number of carboxylic acids is 1. The van der Waals surface area contributed by atoms with Gasteiger partial charge in [0.05, 0.1) is 30.1 Å². The summed E-state index contributed by atoms with van der Waals surface area (Å²) in [5.74, 6) is -2.96.